The highest BCUT2D eigenvalue weighted by Gasteiger charge is 2.38. The molecule has 2 aromatic heterocycles. The number of hydrazine groups is 1. The molecule has 2 aliphatic heterocycles. The van der Waals surface area contributed by atoms with Crippen molar-refractivity contribution in [3.63, 3.8) is 0 Å². The van der Waals surface area contributed by atoms with Crippen LogP contribution in [0, 0.1) is 11.8 Å². The van der Waals surface area contributed by atoms with Crippen molar-refractivity contribution in [2.45, 2.75) is 31.4 Å². The van der Waals surface area contributed by atoms with Gasteiger partial charge in [0.2, 0.25) is 0 Å². The van der Waals surface area contributed by atoms with Crippen LogP contribution in [0.2, 0.25) is 0 Å². The van der Waals surface area contributed by atoms with Gasteiger partial charge in [-0.1, -0.05) is 0 Å². The van der Waals surface area contributed by atoms with Crippen molar-refractivity contribution in [3.8, 4) is 5.69 Å². The maximum atomic E-state index is 12.9. The predicted molar refractivity (Wildman–Crippen MR) is 155 cm³/mol. The molecule has 0 aliphatic carbocycles. The van der Waals surface area contributed by atoms with Gasteiger partial charge in [0.1, 0.15) is 0 Å². The lowest BCUT2D eigenvalue weighted by Gasteiger charge is -2.43. The number of hydrogen-bond acceptors (Lipinski definition) is 6. The maximum absolute atomic E-state index is 12.9. The number of benzene rings is 2. The molecule has 2 aromatic carbocycles. The Bertz CT molecular complexity index is 1540. The molecule has 1 amide bonds. The molecule has 6 rings (SSSR count). The minimum Gasteiger partial charge on any atom is -0.322 e. The number of nitrogens with one attached hydrogen (secondary N) is 1. The van der Waals surface area contributed by atoms with Crippen LogP contribution in [0.1, 0.15) is 46.8 Å². The van der Waals surface area contributed by atoms with Crippen LogP contribution in [-0.2, 0) is 6.18 Å². The van der Waals surface area contributed by atoms with Gasteiger partial charge in [-0.25, -0.2) is 9.69 Å². The predicted octanol–water partition coefficient (Wildman–Crippen LogP) is 5.31. The molecule has 0 radical (unpaired) electrons. The number of likely N-dealkylation sites (tertiary alicyclic amines) is 1. The van der Waals surface area contributed by atoms with Crippen LogP contribution in [0.4, 0.5) is 18.9 Å². The minimum absolute atomic E-state index is 0.142. The van der Waals surface area contributed by atoms with E-state index >= 15 is 0 Å². The molecule has 0 saturated carbocycles. The second kappa shape index (κ2) is 11.5. The summed E-state index contributed by atoms with van der Waals surface area (Å²) in [4.78, 5) is 20.0. The summed E-state index contributed by atoms with van der Waals surface area (Å²) in [6.45, 7) is 3.84. The topological polar surface area (TPSA) is 92.3 Å². The molecule has 2 aliphatic rings. The van der Waals surface area contributed by atoms with E-state index in [1.165, 1.54) is 12.1 Å². The summed E-state index contributed by atoms with van der Waals surface area (Å²) in [6, 6.07) is 13.4. The van der Waals surface area contributed by atoms with Crippen LogP contribution < -0.4 is 11.2 Å². The highest BCUT2D eigenvalue weighted by molar-refractivity contribution is 6.04. The molecule has 8 nitrogen and oxygen atoms in total. The first kappa shape index (κ1) is 28.3. The summed E-state index contributed by atoms with van der Waals surface area (Å²) in [5, 5.41) is 10.4. The summed E-state index contributed by atoms with van der Waals surface area (Å²) >= 11 is 0. The molecule has 0 bridgehead atoms. The number of halogens is 3. The van der Waals surface area contributed by atoms with Crippen LogP contribution in [0.15, 0.2) is 67.0 Å². The van der Waals surface area contributed by atoms with Crippen molar-refractivity contribution in [2.24, 2.45) is 17.7 Å². The third kappa shape index (κ3) is 5.77. The van der Waals surface area contributed by atoms with Crippen molar-refractivity contribution in [1.29, 1.82) is 0 Å². The average molecular weight is 578 g/mol. The summed E-state index contributed by atoms with van der Waals surface area (Å²) in [5.41, 5.74) is 2.71. The van der Waals surface area contributed by atoms with Gasteiger partial charge >= 0.3 is 6.18 Å². The Balaban J connectivity index is 1.25. The summed E-state index contributed by atoms with van der Waals surface area (Å²) in [5.74, 6) is 7.09. The van der Waals surface area contributed by atoms with E-state index in [1.807, 2.05) is 40.3 Å². The standard InChI is InChI=1S/C31H34F3N7O/c1-39-15-11-20(12-16-39)27-19-40(35)17-13-26(27)28-29-22(10-14-36-28)18-37-41(29)25-8-6-24(7-9-25)38-30(42)21-2-4-23(5-3-21)31(32,33)34/h2-10,14,18,20,26-27H,11-13,15-17,19,35H2,1H3,(H,38,42). The molecule has 42 heavy (non-hydrogen) atoms. The zero-order valence-corrected chi connectivity index (χ0v) is 23.4. The van der Waals surface area contributed by atoms with E-state index < -0.39 is 17.6 Å². The normalized spacial score (nSPS) is 21.1. The molecule has 4 aromatic rings. The second-order valence-electron chi connectivity index (χ2n) is 11.5. The minimum atomic E-state index is -4.45. The fourth-order valence-electron chi connectivity index (χ4n) is 6.45. The number of aromatic nitrogens is 3. The zero-order valence-electron chi connectivity index (χ0n) is 23.4. The molecule has 2 fully saturated rings. The molecule has 2 saturated heterocycles. The first-order chi connectivity index (χ1) is 20.2. The Kier molecular flexibility index (Phi) is 7.73. The number of amides is 1. The van der Waals surface area contributed by atoms with Crippen LogP contribution in [0.5, 0.6) is 0 Å². The van der Waals surface area contributed by atoms with Gasteiger partial charge in [-0.05, 0) is 106 Å². The van der Waals surface area contributed by atoms with Crippen molar-refractivity contribution < 1.29 is 18.0 Å². The molecule has 0 spiro atoms. The molecule has 220 valence electrons. The fourth-order valence-corrected chi connectivity index (χ4v) is 6.45. The van der Waals surface area contributed by atoms with Gasteiger partial charge in [0, 0.05) is 41.8 Å². The Morgan fingerprint density at radius 1 is 0.976 bits per heavy atom. The monoisotopic (exact) mass is 577 g/mol. The summed E-state index contributed by atoms with van der Waals surface area (Å²) in [6.07, 6.45) is 2.50. The number of alkyl halides is 3. The number of fused-ring (bicyclic) bond motifs is 1. The summed E-state index contributed by atoms with van der Waals surface area (Å²) in [7, 11) is 2.18. The molecule has 11 heteroatoms. The van der Waals surface area contributed by atoms with Gasteiger partial charge in [-0.2, -0.15) is 18.3 Å². The SMILES string of the molecule is CN1CCC(C2CN(N)CCC2c2nccc3cnn(-c4ccc(NC(=O)c5ccc(C(F)(F)F)cc5)cc4)c23)CC1. The lowest BCUT2D eigenvalue weighted by atomic mass is 9.72. The number of carbonyl (C=O) groups excluding carboxylic acids is 1. The quantitative estimate of drug-likeness (QED) is 0.313. The van der Waals surface area contributed by atoms with Crippen molar-refractivity contribution in [2.75, 3.05) is 38.5 Å². The number of rotatable bonds is 5. The van der Waals surface area contributed by atoms with Crippen LogP contribution in [0.3, 0.4) is 0 Å². The van der Waals surface area contributed by atoms with Gasteiger partial charge in [0.05, 0.1) is 28.7 Å². The van der Waals surface area contributed by atoms with E-state index in [-0.39, 0.29) is 11.5 Å². The summed E-state index contributed by atoms with van der Waals surface area (Å²) < 4.78 is 40.5. The molecule has 3 N–H and O–H groups in total. The number of carbonyl (C=O) groups is 1. The molecular formula is C31H34F3N7O. The Hall–Kier alpha value is -3.80. The largest absolute Gasteiger partial charge is 0.416 e. The van der Waals surface area contributed by atoms with Crippen LogP contribution >= 0.6 is 0 Å². The number of hydrogen-bond donors (Lipinski definition) is 2. The Morgan fingerprint density at radius 3 is 2.38 bits per heavy atom. The van der Waals surface area contributed by atoms with Crippen molar-refractivity contribution in [3.05, 3.63) is 83.8 Å². The van der Waals surface area contributed by atoms with Gasteiger partial charge in [-0.15, -0.1) is 0 Å². The molecule has 4 heterocycles. The second-order valence-corrected chi connectivity index (χ2v) is 11.5. The number of anilines is 1. The van der Waals surface area contributed by atoms with E-state index in [2.05, 4.69) is 17.3 Å². The van der Waals surface area contributed by atoms with Crippen molar-refractivity contribution in [1.82, 2.24) is 24.7 Å². The number of piperidine rings is 2. The van der Waals surface area contributed by atoms with E-state index in [1.54, 1.807) is 12.1 Å². The Morgan fingerprint density at radius 2 is 1.69 bits per heavy atom. The fraction of sp³-hybridized carbons (Fsp3) is 0.387. The smallest absolute Gasteiger partial charge is 0.322 e. The van der Waals surface area contributed by atoms with E-state index in [9.17, 15) is 18.0 Å². The van der Waals surface area contributed by atoms with Crippen LogP contribution in [-0.4, -0.2) is 63.8 Å². The highest BCUT2D eigenvalue weighted by atomic mass is 19.4. The lowest BCUT2D eigenvalue weighted by Crippen LogP contribution is -2.48. The van der Waals surface area contributed by atoms with Gasteiger partial charge in [0.15, 0.2) is 0 Å². The number of nitrogens with two attached hydrogens (primary N) is 1. The number of nitrogens with zero attached hydrogens (tertiary/aromatic N) is 5. The lowest BCUT2D eigenvalue weighted by molar-refractivity contribution is -0.137. The first-order valence-corrected chi connectivity index (χ1v) is 14.3. The Labute approximate surface area is 242 Å². The molecule has 2 atom stereocenters. The molecular weight excluding hydrogens is 543 g/mol. The van der Waals surface area contributed by atoms with Crippen LogP contribution in [0.25, 0.3) is 16.6 Å². The maximum Gasteiger partial charge on any atom is 0.416 e. The van der Waals surface area contributed by atoms with Gasteiger partial charge in [-0.3, -0.25) is 15.6 Å². The highest BCUT2D eigenvalue weighted by Crippen LogP contribution is 2.42. The van der Waals surface area contributed by atoms with Gasteiger partial charge in [0.25, 0.3) is 5.91 Å². The van der Waals surface area contributed by atoms with Crippen molar-refractivity contribution >= 4 is 22.5 Å². The zero-order chi connectivity index (χ0) is 29.4. The third-order valence-corrected chi connectivity index (χ3v) is 8.76. The van der Waals surface area contributed by atoms with Gasteiger partial charge < -0.3 is 10.2 Å². The average Bonchev–Trinajstić information content (AvgIpc) is 3.42. The third-order valence-electron chi connectivity index (χ3n) is 8.76. The van der Waals surface area contributed by atoms with E-state index in [4.69, 9.17) is 15.9 Å². The van der Waals surface area contributed by atoms with E-state index in [0.29, 0.717) is 17.5 Å². The molecule has 2 unspecified atom stereocenters. The first-order valence-electron chi connectivity index (χ1n) is 14.3. The number of pyridine rings is 1. The van der Waals surface area contributed by atoms with E-state index in [0.717, 1.165) is 79.9 Å².